The summed E-state index contributed by atoms with van der Waals surface area (Å²) in [6.45, 7) is 0.469. The standard InChI is InChI=1S/C12H12N2O2/c1-16-12-10(5-4-7-13-12)9-14-8-3-2-6-11(14)15/h2-8H,9H2,1H3. The lowest BCUT2D eigenvalue weighted by molar-refractivity contribution is 0.391. The van der Waals surface area contributed by atoms with Crippen molar-refractivity contribution in [2.45, 2.75) is 6.54 Å². The highest BCUT2D eigenvalue weighted by Gasteiger charge is 2.04. The molecule has 2 aromatic rings. The van der Waals surface area contributed by atoms with Gasteiger partial charge in [0, 0.05) is 24.0 Å². The van der Waals surface area contributed by atoms with Crippen LogP contribution in [0.1, 0.15) is 5.56 Å². The molecule has 0 saturated carbocycles. The van der Waals surface area contributed by atoms with Crippen LogP contribution in [0, 0.1) is 0 Å². The van der Waals surface area contributed by atoms with Crippen molar-refractivity contribution in [2.24, 2.45) is 0 Å². The molecule has 16 heavy (non-hydrogen) atoms. The third kappa shape index (κ3) is 2.11. The van der Waals surface area contributed by atoms with Crippen LogP contribution in [0.25, 0.3) is 0 Å². The number of hydrogen-bond acceptors (Lipinski definition) is 3. The average molecular weight is 216 g/mol. The summed E-state index contributed by atoms with van der Waals surface area (Å²) < 4.78 is 6.74. The number of methoxy groups -OCH3 is 1. The highest BCUT2D eigenvalue weighted by molar-refractivity contribution is 5.25. The molecule has 0 bridgehead atoms. The first-order chi connectivity index (χ1) is 7.81. The van der Waals surface area contributed by atoms with Crippen LogP contribution < -0.4 is 10.3 Å². The molecule has 0 unspecified atom stereocenters. The molecule has 0 amide bonds. The highest BCUT2D eigenvalue weighted by atomic mass is 16.5. The molecule has 0 aliphatic carbocycles. The van der Waals surface area contributed by atoms with Crippen LogP contribution in [0.4, 0.5) is 0 Å². The van der Waals surface area contributed by atoms with Crippen molar-refractivity contribution in [3.8, 4) is 5.88 Å². The van der Waals surface area contributed by atoms with Crippen molar-refractivity contribution in [2.75, 3.05) is 7.11 Å². The Morgan fingerprint density at radius 3 is 2.94 bits per heavy atom. The Labute approximate surface area is 93.1 Å². The van der Waals surface area contributed by atoms with Crippen molar-refractivity contribution >= 4 is 0 Å². The summed E-state index contributed by atoms with van der Waals surface area (Å²) in [5.41, 5.74) is 0.853. The van der Waals surface area contributed by atoms with Gasteiger partial charge in [0.25, 0.3) is 5.56 Å². The average Bonchev–Trinajstić information content (AvgIpc) is 2.33. The Morgan fingerprint density at radius 2 is 2.19 bits per heavy atom. The molecule has 0 fully saturated rings. The van der Waals surface area contributed by atoms with Gasteiger partial charge in [-0.3, -0.25) is 4.79 Å². The van der Waals surface area contributed by atoms with Crippen LogP contribution in [0.5, 0.6) is 5.88 Å². The van der Waals surface area contributed by atoms with Crippen LogP contribution >= 0.6 is 0 Å². The summed E-state index contributed by atoms with van der Waals surface area (Å²) in [7, 11) is 1.57. The molecular weight excluding hydrogens is 204 g/mol. The fraction of sp³-hybridized carbons (Fsp3) is 0.167. The van der Waals surface area contributed by atoms with E-state index < -0.39 is 0 Å². The molecule has 82 valence electrons. The maximum absolute atomic E-state index is 11.5. The van der Waals surface area contributed by atoms with E-state index in [1.165, 1.54) is 6.07 Å². The van der Waals surface area contributed by atoms with E-state index in [0.29, 0.717) is 12.4 Å². The van der Waals surface area contributed by atoms with Crippen molar-refractivity contribution in [3.63, 3.8) is 0 Å². The van der Waals surface area contributed by atoms with E-state index in [4.69, 9.17) is 4.74 Å². The van der Waals surface area contributed by atoms with E-state index in [-0.39, 0.29) is 5.56 Å². The minimum absolute atomic E-state index is 0.0339. The summed E-state index contributed by atoms with van der Waals surface area (Å²) in [5, 5.41) is 0. The predicted molar refractivity (Wildman–Crippen MR) is 60.6 cm³/mol. The van der Waals surface area contributed by atoms with E-state index in [9.17, 15) is 4.79 Å². The van der Waals surface area contributed by atoms with Gasteiger partial charge in [0.05, 0.1) is 13.7 Å². The molecule has 0 aliphatic heterocycles. The minimum atomic E-state index is -0.0339. The van der Waals surface area contributed by atoms with Crippen molar-refractivity contribution in [3.05, 3.63) is 58.6 Å². The topological polar surface area (TPSA) is 44.1 Å². The molecule has 0 N–H and O–H groups in total. The number of rotatable bonds is 3. The molecule has 4 nitrogen and oxygen atoms in total. The Kier molecular flexibility index (Phi) is 3.00. The Bertz CT molecular complexity index is 534. The van der Waals surface area contributed by atoms with E-state index in [1.807, 2.05) is 18.2 Å². The SMILES string of the molecule is COc1ncccc1Cn1ccccc1=O. The van der Waals surface area contributed by atoms with Gasteiger partial charge in [0.15, 0.2) is 0 Å². The Balaban J connectivity index is 2.34. The largest absolute Gasteiger partial charge is 0.481 e. The quantitative estimate of drug-likeness (QED) is 0.776. The summed E-state index contributed by atoms with van der Waals surface area (Å²) in [6.07, 6.45) is 3.41. The van der Waals surface area contributed by atoms with Gasteiger partial charge in [-0.1, -0.05) is 12.1 Å². The fourth-order valence-electron chi connectivity index (χ4n) is 1.50. The van der Waals surface area contributed by atoms with Gasteiger partial charge in [0.2, 0.25) is 5.88 Å². The highest BCUT2D eigenvalue weighted by Crippen LogP contribution is 2.13. The van der Waals surface area contributed by atoms with E-state index in [2.05, 4.69) is 4.98 Å². The zero-order valence-electron chi connectivity index (χ0n) is 8.96. The van der Waals surface area contributed by atoms with Gasteiger partial charge in [-0.15, -0.1) is 0 Å². The summed E-state index contributed by atoms with van der Waals surface area (Å²) in [6, 6.07) is 8.80. The summed E-state index contributed by atoms with van der Waals surface area (Å²) >= 11 is 0. The van der Waals surface area contributed by atoms with Gasteiger partial charge >= 0.3 is 0 Å². The molecule has 0 saturated heterocycles. The van der Waals surface area contributed by atoms with Crippen molar-refractivity contribution in [1.82, 2.24) is 9.55 Å². The monoisotopic (exact) mass is 216 g/mol. The second-order valence-electron chi connectivity index (χ2n) is 3.34. The number of pyridine rings is 2. The molecule has 0 aliphatic rings. The van der Waals surface area contributed by atoms with Crippen LogP contribution in [-0.2, 0) is 6.54 Å². The lowest BCUT2D eigenvalue weighted by Gasteiger charge is -2.08. The molecule has 2 aromatic heterocycles. The number of nitrogens with zero attached hydrogens (tertiary/aromatic N) is 2. The van der Waals surface area contributed by atoms with Crippen LogP contribution in [0.15, 0.2) is 47.5 Å². The maximum atomic E-state index is 11.5. The van der Waals surface area contributed by atoms with Crippen molar-refractivity contribution < 1.29 is 4.74 Å². The van der Waals surface area contributed by atoms with Crippen LogP contribution in [-0.4, -0.2) is 16.7 Å². The summed E-state index contributed by atoms with van der Waals surface area (Å²) in [5.74, 6) is 0.554. The second kappa shape index (κ2) is 4.61. The zero-order chi connectivity index (χ0) is 11.4. The van der Waals surface area contributed by atoms with Crippen LogP contribution in [0.3, 0.4) is 0 Å². The molecule has 2 rings (SSSR count). The smallest absolute Gasteiger partial charge is 0.250 e. The Hall–Kier alpha value is -2.10. The number of aromatic nitrogens is 2. The third-order valence-electron chi connectivity index (χ3n) is 2.28. The van der Waals surface area contributed by atoms with Gasteiger partial charge < -0.3 is 9.30 Å². The van der Waals surface area contributed by atoms with Crippen molar-refractivity contribution in [1.29, 1.82) is 0 Å². The van der Waals surface area contributed by atoms with Gasteiger partial charge in [-0.25, -0.2) is 4.98 Å². The first-order valence-corrected chi connectivity index (χ1v) is 4.94. The lowest BCUT2D eigenvalue weighted by atomic mass is 10.2. The lowest BCUT2D eigenvalue weighted by Crippen LogP contribution is -2.18. The van der Waals surface area contributed by atoms with E-state index in [0.717, 1.165) is 5.56 Å². The van der Waals surface area contributed by atoms with Gasteiger partial charge in [-0.05, 0) is 12.1 Å². The maximum Gasteiger partial charge on any atom is 0.250 e. The molecule has 2 heterocycles. The fourth-order valence-corrected chi connectivity index (χ4v) is 1.50. The van der Waals surface area contributed by atoms with Gasteiger partial charge in [0.1, 0.15) is 0 Å². The normalized spacial score (nSPS) is 10.1. The second-order valence-corrected chi connectivity index (χ2v) is 3.34. The molecule has 0 aromatic carbocycles. The molecular formula is C12H12N2O2. The number of ether oxygens (including phenoxy) is 1. The van der Waals surface area contributed by atoms with E-state index >= 15 is 0 Å². The molecule has 0 atom stereocenters. The van der Waals surface area contributed by atoms with E-state index in [1.54, 1.807) is 30.1 Å². The zero-order valence-corrected chi connectivity index (χ0v) is 8.96. The first-order valence-electron chi connectivity index (χ1n) is 4.94. The third-order valence-corrected chi connectivity index (χ3v) is 2.28. The molecule has 0 spiro atoms. The Morgan fingerprint density at radius 1 is 1.31 bits per heavy atom. The molecule has 0 radical (unpaired) electrons. The van der Waals surface area contributed by atoms with Crippen LogP contribution in [0.2, 0.25) is 0 Å². The number of hydrogen-bond donors (Lipinski definition) is 0. The minimum Gasteiger partial charge on any atom is -0.481 e. The predicted octanol–water partition coefficient (Wildman–Crippen LogP) is 1.30. The van der Waals surface area contributed by atoms with Gasteiger partial charge in [-0.2, -0.15) is 0 Å². The molecule has 4 heteroatoms. The first kappa shape index (κ1) is 10.4. The summed E-state index contributed by atoms with van der Waals surface area (Å²) in [4.78, 5) is 15.6.